The molecule has 2 saturated heterocycles. The number of likely N-dealkylation sites (tertiary alicyclic amines) is 2. The fraction of sp³-hybridized carbons (Fsp3) is 0.824. The van der Waals surface area contributed by atoms with Crippen molar-refractivity contribution in [2.45, 2.75) is 51.0 Å². The molecule has 24 heavy (non-hydrogen) atoms. The van der Waals surface area contributed by atoms with Crippen LogP contribution in [0.5, 0.6) is 0 Å². The first-order valence-electron chi connectivity index (χ1n) is 9.11. The topological polar surface area (TPSA) is 90.0 Å². The molecule has 2 N–H and O–H groups in total. The number of carboxylic acid groups (broad SMARTS) is 1. The minimum atomic E-state index is -0.763. The monoisotopic (exact) mass is 337 g/mol. The average molecular weight is 337 g/mol. The van der Waals surface area contributed by atoms with E-state index >= 15 is 0 Å². The Balaban J connectivity index is 1.42. The number of hydrogen-bond acceptors (Lipinski definition) is 3. The Morgan fingerprint density at radius 3 is 2.04 bits per heavy atom. The van der Waals surface area contributed by atoms with Gasteiger partial charge in [-0.3, -0.25) is 9.59 Å². The lowest BCUT2D eigenvalue weighted by molar-refractivity contribution is -0.141. The maximum Gasteiger partial charge on any atom is 0.319 e. The molecule has 0 spiro atoms. The van der Waals surface area contributed by atoms with E-state index < -0.39 is 5.97 Å². The zero-order chi connectivity index (χ0) is 17.1. The van der Waals surface area contributed by atoms with Gasteiger partial charge in [-0.1, -0.05) is 0 Å². The molecule has 3 amide bonds. The van der Waals surface area contributed by atoms with Crippen molar-refractivity contribution in [1.82, 2.24) is 15.1 Å². The van der Waals surface area contributed by atoms with E-state index in [1.165, 1.54) is 0 Å². The van der Waals surface area contributed by atoms with Gasteiger partial charge in [-0.05, 0) is 44.9 Å². The molecule has 0 aromatic carbocycles. The summed E-state index contributed by atoms with van der Waals surface area (Å²) in [5, 5.41) is 12.0. The average Bonchev–Trinajstić information content (AvgIpc) is 3.26. The van der Waals surface area contributed by atoms with Crippen molar-refractivity contribution < 1.29 is 19.5 Å². The molecule has 2 atom stereocenters. The normalized spacial score (nSPS) is 28.2. The lowest BCUT2D eigenvalue weighted by atomic mass is 9.95. The van der Waals surface area contributed by atoms with Gasteiger partial charge in [0.1, 0.15) is 0 Å². The number of carbonyl (C=O) groups excluding carboxylic acids is 2. The highest BCUT2D eigenvalue weighted by molar-refractivity contribution is 5.80. The van der Waals surface area contributed by atoms with Crippen LogP contribution in [0.1, 0.15) is 44.9 Å². The SMILES string of the molecule is O=C(N[C@@H]1CC[C@H](C(=O)O)C1)C1CCN(C(=O)N2CCCC2)CC1. The number of piperidine rings is 1. The highest BCUT2D eigenvalue weighted by Gasteiger charge is 2.34. The van der Waals surface area contributed by atoms with E-state index in [0.717, 1.165) is 32.4 Å². The standard InChI is InChI=1S/C17H27N3O4/c21-15(18-14-4-3-13(11-14)16(22)23)12-5-9-20(10-6-12)17(24)19-7-1-2-8-19/h12-14H,1-11H2,(H,18,21)(H,22,23)/t13-,14+/m0/s1. The number of aliphatic carboxylic acids is 1. The number of carbonyl (C=O) groups is 3. The quantitative estimate of drug-likeness (QED) is 0.812. The third kappa shape index (κ3) is 3.82. The van der Waals surface area contributed by atoms with E-state index in [0.29, 0.717) is 38.8 Å². The molecule has 0 unspecified atom stereocenters. The van der Waals surface area contributed by atoms with E-state index in [2.05, 4.69) is 5.32 Å². The van der Waals surface area contributed by atoms with Crippen molar-refractivity contribution >= 4 is 17.9 Å². The Labute approximate surface area is 142 Å². The van der Waals surface area contributed by atoms with Crippen molar-refractivity contribution in [1.29, 1.82) is 0 Å². The number of rotatable bonds is 3. The molecule has 134 valence electrons. The molecule has 0 bridgehead atoms. The largest absolute Gasteiger partial charge is 0.481 e. The van der Waals surface area contributed by atoms with E-state index in [-0.39, 0.29) is 29.8 Å². The minimum Gasteiger partial charge on any atom is -0.481 e. The smallest absolute Gasteiger partial charge is 0.319 e. The molecule has 2 heterocycles. The summed E-state index contributed by atoms with van der Waals surface area (Å²) < 4.78 is 0. The third-order valence-electron chi connectivity index (χ3n) is 5.64. The summed E-state index contributed by atoms with van der Waals surface area (Å²) in [5.74, 6) is -1.12. The van der Waals surface area contributed by atoms with Crippen LogP contribution in [0.25, 0.3) is 0 Å². The van der Waals surface area contributed by atoms with Crippen molar-refractivity contribution in [3.63, 3.8) is 0 Å². The Kier molecular flexibility index (Phi) is 5.26. The van der Waals surface area contributed by atoms with Crippen LogP contribution in [0.4, 0.5) is 4.79 Å². The summed E-state index contributed by atoms with van der Waals surface area (Å²) in [6.07, 6.45) is 5.49. The predicted octanol–water partition coefficient (Wildman–Crippen LogP) is 1.28. The maximum absolute atomic E-state index is 12.4. The van der Waals surface area contributed by atoms with E-state index in [1.54, 1.807) is 0 Å². The van der Waals surface area contributed by atoms with Crippen LogP contribution in [0.15, 0.2) is 0 Å². The second kappa shape index (κ2) is 7.40. The summed E-state index contributed by atoms with van der Waals surface area (Å²) in [4.78, 5) is 39.5. The number of urea groups is 1. The molecule has 0 radical (unpaired) electrons. The van der Waals surface area contributed by atoms with Crippen LogP contribution in [-0.4, -0.2) is 65.0 Å². The number of carboxylic acids is 1. The molecule has 1 aliphatic carbocycles. The van der Waals surface area contributed by atoms with Crippen LogP contribution >= 0.6 is 0 Å². The Bertz CT molecular complexity index is 496. The van der Waals surface area contributed by atoms with Gasteiger partial charge >= 0.3 is 12.0 Å². The van der Waals surface area contributed by atoms with Crippen LogP contribution in [0.2, 0.25) is 0 Å². The van der Waals surface area contributed by atoms with Gasteiger partial charge in [0.25, 0.3) is 0 Å². The fourth-order valence-electron chi connectivity index (χ4n) is 4.10. The highest BCUT2D eigenvalue weighted by Crippen LogP contribution is 2.27. The highest BCUT2D eigenvalue weighted by atomic mass is 16.4. The van der Waals surface area contributed by atoms with Crippen molar-refractivity contribution in [3.05, 3.63) is 0 Å². The molecule has 3 aliphatic rings. The van der Waals surface area contributed by atoms with E-state index in [9.17, 15) is 14.4 Å². The van der Waals surface area contributed by atoms with Crippen LogP contribution < -0.4 is 5.32 Å². The fourth-order valence-corrected chi connectivity index (χ4v) is 4.10. The predicted molar refractivity (Wildman–Crippen MR) is 87.4 cm³/mol. The van der Waals surface area contributed by atoms with Gasteiger partial charge in [0.05, 0.1) is 5.92 Å². The molecule has 2 aliphatic heterocycles. The minimum absolute atomic E-state index is 0.0112. The van der Waals surface area contributed by atoms with Crippen LogP contribution in [0.3, 0.4) is 0 Å². The molecule has 1 saturated carbocycles. The number of nitrogens with one attached hydrogen (secondary N) is 1. The maximum atomic E-state index is 12.4. The van der Waals surface area contributed by atoms with Gasteiger partial charge < -0.3 is 20.2 Å². The van der Waals surface area contributed by atoms with Gasteiger partial charge in [0, 0.05) is 38.1 Å². The lowest BCUT2D eigenvalue weighted by Crippen LogP contribution is -2.48. The van der Waals surface area contributed by atoms with Crippen LogP contribution in [-0.2, 0) is 9.59 Å². The summed E-state index contributed by atoms with van der Waals surface area (Å²) in [5.41, 5.74) is 0. The molecule has 0 aromatic heterocycles. The van der Waals surface area contributed by atoms with E-state index in [1.807, 2.05) is 9.80 Å². The first-order valence-corrected chi connectivity index (χ1v) is 9.11. The molecular weight excluding hydrogens is 310 g/mol. The molecular formula is C17H27N3O4. The summed E-state index contributed by atoms with van der Waals surface area (Å²) in [6, 6.07) is 0.106. The van der Waals surface area contributed by atoms with Crippen molar-refractivity contribution in [2.24, 2.45) is 11.8 Å². The third-order valence-corrected chi connectivity index (χ3v) is 5.64. The summed E-state index contributed by atoms with van der Waals surface area (Å²) >= 11 is 0. The summed E-state index contributed by atoms with van der Waals surface area (Å²) in [6.45, 7) is 2.98. The number of amides is 3. The molecule has 7 nitrogen and oxygen atoms in total. The second-order valence-electron chi connectivity index (χ2n) is 7.29. The Morgan fingerprint density at radius 2 is 1.46 bits per heavy atom. The Hall–Kier alpha value is -1.79. The van der Waals surface area contributed by atoms with E-state index in [4.69, 9.17) is 5.11 Å². The Morgan fingerprint density at radius 1 is 0.833 bits per heavy atom. The zero-order valence-corrected chi connectivity index (χ0v) is 14.1. The van der Waals surface area contributed by atoms with Crippen molar-refractivity contribution in [2.75, 3.05) is 26.2 Å². The number of nitrogens with zero attached hydrogens (tertiary/aromatic N) is 2. The second-order valence-corrected chi connectivity index (χ2v) is 7.29. The van der Waals surface area contributed by atoms with Gasteiger partial charge in [-0.25, -0.2) is 4.79 Å². The van der Waals surface area contributed by atoms with Gasteiger partial charge in [0.15, 0.2) is 0 Å². The molecule has 0 aromatic rings. The van der Waals surface area contributed by atoms with Crippen molar-refractivity contribution in [3.8, 4) is 0 Å². The zero-order valence-electron chi connectivity index (χ0n) is 14.1. The molecule has 3 rings (SSSR count). The van der Waals surface area contributed by atoms with Gasteiger partial charge in [-0.15, -0.1) is 0 Å². The molecule has 3 fully saturated rings. The summed E-state index contributed by atoms with van der Waals surface area (Å²) in [7, 11) is 0. The van der Waals surface area contributed by atoms with Crippen LogP contribution in [0, 0.1) is 11.8 Å². The van der Waals surface area contributed by atoms with Gasteiger partial charge in [-0.2, -0.15) is 0 Å². The number of hydrogen-bond donors (Lipinski definition) is 2. The lowest BCUT2D eigenvalue weighted by Gasteiger charge is -2.34. The first-order chi connectivity index (χ1) is 11.5. The molecule has 7 heteroatoms. The van der Waals surface area contributed by atoms with Gasteiger partial charge in [0.2, 0.25) is 5.91 Å². The first kappa shape index (κ1) is 17.0.